The first-order chi connectivity index (χ1) is 27.0. The number of thioether (sulfide) groups is 2. The molecule has 3 heteroatoms. The van der Waals surface area contributed by atoms with Gasteiger partial charge < -0.3 is 5.73 Å². The summed E-state index contributed by atoms with van der Waals surface area (Å²) in [4.78, 5) is 0. The predicted octanol–water partition coefficient (Wildman–Crippen LogP) is 14.5. The van der Waals surface area contributed by atoms with E-state index >= 15 is 0 Å². The Hall–Kier alpha value is -5.48. The minimum atomic E-state index is -0.657. The van der Waals surface area contributed by atoms with Crippen LogP contribution in [-0.2, 0) is 16.9 Å². The monoisotopic (exact) mass is 751 g/mol. The molecule has 7 rings (SSSR count). The lowest BCUT2D eigenvalue weighted by Crippen LogP contribution is -2.29. The fourth-order valence-corrected chi connectivity index (χ4v) is 9.27. The normalized spacial score (nSPS) is 12.3. The second-order valence-electron chi connectivity index (χ2n) is 13.1. The van der Waals surface area contributed by atoms with Crippen LogP contribution in [0, 0.1) is 0 Å². The third-order valence-corrected chi connectivity index (χ3v) is 11.8. The molecule has 0 saturated heterocycles. The third kappa shape index (κ3) is 6.99. The SMILES string of the molecule is C=Cc1c(-c2ccc(CSC)cc2)cc2c(c1C=C)-c1c(cc(-c3ccc(CS/C=C\N)cc3)c(C=C)c1C=C)C2(c1ccccc1)c1ccccc1.CC. The Morgan fingerprint density at radius 1 is 0.545 bits per heavy atom. The van der Waals surface area contributed by atoms with E-state index in [4.69, 9.17) is 5.73 Å². The molecule has 0 heterocycles. The molecule has 2 N–H and O–H groups in total. The summed E-state index contributed by atoms with van der Waals surface area (Å²) in [6.07, 6.45) is 11.7. The van der Waals surface area contributed by atoms with Crippen molar-refractivity contribution in [3.05, 3.63) is 215 Å². The first kappa shape index (κ1) is 39.2. The Balaban J connectivity index is 0.00000253. The topological polar surface area (TPSA) is 26.0 Å². The summed E-state index contributed by atoms with van der Waals surface area (Å²) in [6, 6.07) is 44.6. The molecule has 0 bridgehead atoms. The van der Waals surface area contributed by atoms with Crippen LogP contribution in [0.4, 0.5) is 0 Å². The van der Waals surface area contributed by atoms with Crippen molar-refractivity contribution in [1.82, 2.24) is 0 Å². The van der Waals surface area contributed by atoms with Gasteiger partial charge in [-0.15, -0.1) is 11.8 Å². The number of benzene rings is 6. The molecule has 0 aliphatic heterocycles. The van der Waals surface area contributed by atoms with E-state index < -0.39 is 5.41 Å². The number of hydrogen-bond acceptors (Lipinski definition) is 3. The molecule has 0 aromatic heterocycles. The van der Waals surface area contributed by atoms with Crippen LogP contribution in [-0.4, -0.2) is 6.26 Å². The van der Waals surface area contributed by atoms with Gasteiger partial charge in [-0.3, -0.25) is 0 Å². The van der Waals surface area contributed by atoms with Gasteiger partial charge in [-0.2, -0.15) is 11.8 Å². The van der Waals surface area contributed by atoms with Crippen LogP contribution in [0.15, 0.2) is 159 Å². The lowest BCUT2D eigenvalue weighted by atomic mass is 9.66. The van der Waals surface area contributed by atoms with E-state index in [0.717, 1.165) is 67.1 Å². The molecule has 0 atom stereocenters. The van der Waals surface area contributed by atoms with Crippen molar-refractivity contribution in [3.63, 3.8) is 0 Å². The van der Waals surface area contributed by atoms with Crippen molar-refractivity contribution in [1.29, 1.82) is 0 Å². The molecule has 0 saturated carbocycles. The predicted molar refractivity (Wildman–Crippen MR) is 248 cm³/mol. The summed E-state index contributed by atoms with van der Waals surface area (Å²) in [5, 5.41) is 1.92. The van der Waals surface area contributed by atoms with Crippen LogP contribution >= 0.6 is 23.5 Å². The summed E-state index contributed by atoms with van der Waals surface area (Å²) in [5.41, 5.74) is 23.4. The van der Waals surface area contributed by atoms with Crippen molar-refractivity contribution >= 4 is 47.8 Å². The number of fused-ring (bicyclic) bond motifs is 3. The van der Waals surface area contributed by atoms with E-state index in [-0.39, 0.29) is 0 Å². The summed E-state index contributed by atoms with van der Waals surface area (Å²) >= 11 is 3.52. The van der Waals surface area contributed by atoms with Gasteiger partial charge >= 0.3 is 0 Å². The van der Waals surface area contributed by atoms with Crippen molar-refractivity contribution in [2.24, 2.45) is 5.73 Å². The van der Waals surface area contributed by atoms with Gasteiger partial charge in [0.05, 0.1) is 5.41 Å². The third-order valence-electron chi connectivity index (χ3n) is 10.4. The quantitative estimate of drug-likeness (QED) is 0.127. The van der Waals surface area contributed by atoms with E-state index in [9.17, 15) is 0 Å². The van der Waals surface area contributed by atoms with E-state index in [0.29, 0.717) is 0 Å². The fourth-order valence-electron chi connectivity index (χ4n) is 8.15. The maximum atomic E-state index is 5.59. The second kappa shape index (κ2) is 17.8. The Kier molecular flexibility index (Phi) is 12.7. The van der Waals surface area contributed by atoms with Crippen molar-refractivity contribution in [2.75, 3.05) is 6.26 Å². The molecule has 274 valence electrons. The zero-order valence-electron chi connectivity index (χ0n) is 32.1. The molecule has 0 fully saturated rings. The average molecular weight is 752 g/mol. The van der Waals surface area contributed by atoms with Crippen LogP contribution in [0.3, 0.4) is 0 Å². The van der Waals surface area contributed by atoms with E-state index in [1.54, 1.807) is 18.0 Å². The highest BCUT2D eigenvalue weighted by Gasteiger charge is 2.49. The molecule has 1 aliphatic carbocycles. The minimum Gasteiger partial charge on any atom is -0.404 e. The number of nitrogens with two attached hydrogens (primary N) is 1. The van der Waals surface area contributed by atoms with Gasteiger partial charge in [0.15, 0.2) is 0 Å². The molecule has 1 nitrogen and oxygen atoms in total. The Bertz CT molecular complexity index is 2310. The van der Waals surface area contributed by atoms with Gasteiger partial charge in [-0.05, 0) is 113 Å². The van der Waals surface area contributed by atoms with Gasteiger partial charge in [0, 0.05) is 17.7 Å². The molecule has 0 unspecified atom stereocenters. The first-order valence-corrected chi connectivity index (χ1v) is 21.2. The zero-order valence-corrected chi connectivity index (χ0v) is 33.8. The molecule has 0 spiro atoms. The molecule has 0 amide bonds. The second-order valence-corrected chi connectivity index (χ2v) is 14.9. The van der Waals surface area contributed by atoms with Gasteiger partial charge in [0.25, 0.3) is 0 Å². The van der Waals surface area contributed by atoms with Crippen LogP contribution in [0.2, 0.25) is 0 Å². The number of rotatable bonds is 13. The lowest BCUT2D eigenvalue weighted by Gasteiger charge is -2.35. The molecule has 6 aromatic carbocycles. The van der Waals surface area contributed by atoms with Crippen LogP contribution in [0.1, 0.15) is 69.5 Å². The molecule has 6 aromatic rings. The van der Waals surface area contributed by atoms with Crippen molar-refractivity contribution in [3.8, 4) is 33.4 Å². The fraction of sp³-hybridized carbons (Fsp3) is 0.115. The maximum Gasteiger partial charge on any atom is 0.0714 e. The summed E-state index contributed by atoms with van der Waals surface area (Å²) in [7, 11) is 0. The zero-order chi connectivity index (χ0) is 39.0. The van der Waals surface area contributed by atoms with Crippen LogP contribution < -0.4 is 5.73 Å². The Morgan fingerprint density at radius 2 is 0.945 bits per heavy atom. The van der Waals surface area contributed by atoms with Crippen molar-refractivity contribution < 1.29 is 0 Å². The summed E-state index contributed by atoms with van der Waals surface area (Å²) < 4.78 is 0. The smallest absolute Gasteiger partial charge is 0.0714 e. The van der Waals surface area contributed by atoms with Gasteiger partial charge in [-0.1, -0.05) is 174 Å². The maximum absolute atomic E-state index is 5.59. The standard InChI is InChI=1S/C50H43NS2.C2H6/c1-6-40-42(8-3)48-46(30-44(40)36-24-20-34(21-25-36)32-52-5)50(38-16-12-10-13-17-38,39-18-14-11-15-19-39)47-31-45(41(7-2)43(9-4)49(47)48)37-26-22-35(23-27-37)33-53-29-28-51;1-2/h6-31H,1-4,32-33,51H2,5H3;1-2H3/b29-28-;. The van der Waals surface area contributed by atoms with Crippen molar-refractivity contribution in [2.45, 2.75) is 30.8 Å². The van der Waals surface area contributed by atoms with Gasteiger partial charge in [0.2, 0.25) is 0 Å². The highest BCUT2D eigenvalue weighted by molar-refractivity contribution is 8.01. The lowest BCUT2D eigenvalue weighted by molar-refractivity contribution is 0.768. The van der Waals surface area contributed by atoms with Gasteiger partial charge in [0.1, 0.15) is 0 Å². The molecule has 55 heavy (non-hydrogen) atoms. The highest BCUT2D eigenvalue weighted by Crippen LogP contribution is 2.61. The van der Waals surface area contributed by atoms with E-state index in [1.165, 1.54) is 33.4 Å². The van der Waals surface area contributed by atoms with Crippen LogP contribution in [0.5, 0.6) is 0 Å². The molecular weight excluding hydrogens is 703 g/mol. The Morgan fingerprint density at radius 3 is 1.31 bits per heavy atom. The van der Waals surface area contributed by atoms with Crippen LogP contribution in [0.25, 0.3) is 57.7 Å². The van der Waals surface area contributed by atoms with E-state index in [2.05, 4.69) is 154 Å². The molecular formula is C52H49NS2. The van der Waals surface area contributed by atoms with Gasteiger partial charge in [-0.25, -0.2) is 0 Å². The summed E-state index contributed by atoms with van der Waals surface area (Å²) in [6.45, 7) is 21.6. The largest absolute Gasteiger partial charge is 0.404 e. The highest BCUT2D eigenvalue weighted by atomic mass is 32.2. The van der Waals surface area contributed by atoms with E-state index in [1.807, 2.05) is 55.3 Å². The summed E-state index contributed by atoms with van der Waals surface area (Å²) in [5.74, 6) is 1.83. The average Bonchev–Trinajstić information content (AvgIpc) is 3.54. The molecule has 1 aliphatic rings. The minimum absolute atomic E-state index is 0.657. The Labute approximate surface area is 337 Å². The molecule has 0 radical (unpaired) electrons. The number of hydrogen-bond donors (Lipinski definition) is 1. The first-order valence-electron chi connectivity index (χ1n) is 18.8.